The Morgan fingerprint density at radius 2 is 2.25 bits per heavy atom. The number of aromatic amines is 1. The number of hydrogen-bond donors (Lipinski definition) is 2. The molecule has 0 bridgehead atoms. The summed E-state index contributed by atoms with van der Waals surface area (Å²) in [5.74, 6) is 2.21. The highest BCUT2D eigenvalue weighted by atomic mass is 16.1. The normalized spacial score (nSPS) is 17.8. The lowest BCUT2D eigenvalue weighted by atomic mass is 10.00. The van der Waals surface area contributed by atoms with Gasteiger partial charge in [-0.15, -0.1) is 0 Å². The number of amides is 1. The lowest BCUT2D eigenvalue weighted by Crippen LogP contribution is -2.39. The molecule has 4 rings (SSSR count). The van der Waals surface area contributed by atoms with Gasteiger partial charge in [0, 0.05) is 42.7 Å². The molecule has 2 N–H and O–H groups in total. The van der Waals surface area contributed by atoms with Crippen LogP contribution in [0.2, 0.25) is 0 Å². The summed E-state index contributed by atoms with van der Waals surface area (Å²) in [6, 6.07) is 7.76. The van der Waals surface area contributed by atoms with Gasteiger partial charge in [-0.25, -0.2) is 9.97 Å². The molecule has 3 aromatic rings. The largest absolute Gasteiger partial charge is 0.356 e. The molecular weight excluding hydrogens is 352 g/mol. The van der Waals surface area contributed by atoms with Gasteiger partial charge in [0.05, 0.1) is 17.3 Å². The Balaban J connectivity index is 1.43. The van der Waals surface area contributed by atoms with Crippen molar-refractivity contribution in [1.29, 1.82) is 0 Å². The highest BCUT2D eigenvalue weighted by Crippen LogP contribution is 2.25. The van der Waals surface area contributed by atoms with Gasteiger partial charge in [-0.05, 0) is 38.3 Å². The average molecular weight is 378 g/mol. The van der Waals surface area contributed by atoms with Crippen molar-refractivity contribution in [3.8, 4) is 0 Å². The Labute approximate surface area is 164 Å². The van der Waals surface area contributed by atoms with Crippen molar-refractivity contribution in [1.82, 2.24) is 25.5 Å². The van der Waals surface area contributed by atoms with Gasteiger partial charge >= 0.3 is 0 Å². The van der Waals surface area contributed by atoms with E-state index in [1.807, 2.05) is 31.2 Å². The van der Waals surface area contributed by atoms with Gasteiger partial charge in [-0.2, -0.15) is 5.10 Å². The highest BCUT2D eigenvalue weighted by molar-refractivity contribution is 6.06. The smallest absolute Gasteiger partial charge is 0.252 e. The summed E-state index contributed by atoms with van der Waals surface area (Å²) in [5, 5.41) is 11.0. The first-order chi connectivity index (χ1) is 13.5. The molecule has 146 valence electrons. The Bertz CT molecular complexity index is 997. The maximum Gasteiger partial charge on any atom is 0.252 e. The molecule has 0 spiro atoms. The predicted molar refractivity (Wildman–Crippen MR) is 109 cm³/mol. The summed E-state index contributed by atoms with van der Waals surface area (Å²) in [5.41, 5.74) is 2.53. The van der Waals surface area contributed by atoms with Gasteiger partial charge in [-0.3, -0.25) is 9.89 Å². The van der Waals surface area contributed by atoms with Crippen LogP contribution in [0, 0.1) is 12.8 Å². The Morgan fingerprint density at radius 1 is 1.39 bits per heavy atom. The third kappa shape index (κ3) is 3.56. The zero-order chi connectivity index (χ0) is 19.7. The molecule has 0 radical (unpaired) electrons. The summed E-state index contributed by atoms with van der Waals surface area (Å²) < 4.78 is 0. The Hall–Kier alpha value is -2.96. The van der Waals surface area contributed by atoms with E-state index in [1.54, 1.807) is 6.20 Å². The number of aromatic nitrogens is 4. The summed E-state index contributed by atoms with van der Waals surface area (Å²) in [6.45, 7) is 8.00. The van der Waals surface area contributed by atoms with E-state index >= 15 is 0 Å². The lowest BCUT2D eigenvalue weighted by Gasteiger charge is -2.22. The molecule has 3 heterocycles. The molecule has 0 saturated carbocycles. The first kappa shape index (κ1) is 18.4. The highest BCUT2D eigenvalue weighted by Gasteiger charge is 2.29. The molecule has 2 unspecified atom stereocenters. The van der Waals surface area contributed by atoms with Crippen molar-refractivity contribution >= 4 is 22.6 Å². The van der Waals surface area contributed by atoms with E-state index < -0.39 is 0 Å². The molecule has 1 aliphatic heterocycles. The van der Waals surface area contributed by atoms with Crippen molar-refractivity contribution < 1.29 is 4.79 Å². The van der Waals surface area contributed by atoms with E-state index in [9.17, 15) is 4.79 Å². The van der Waals surface area contributed by atoms with Crippen LogP contribution in [0.25, 0.3) is 10.9 Å². The summed E-state index contributed by atoms with van der Waals surface area (Å²) in [6.07, 6.45) is 3.56. The maximum absolute atomic E-state index is 12.8. The van der Waals surface area contributed by atoms with E-state index in [1.165, 1.54) is 0 Å². The van der Waals surface area contributed by atoms with Crippen molar-refractivity contribution in [2.24, 2.45) is 5.92 Å². The zero-order valence-corrected chi connectivity index (χ0v) is 16.6. The fourth-order valence-electron chi connectivity index (χ4n) is 3.90. The van der Waals surface area contributed by atoms with Crippen molar-refractivity contribution in [3.63, 3.8) is 0 Å². The second-order valence-corrected chi connectivity index (χ2v) is 7.53. The van der Waals surface area contributed by atoms with Crippen molar-refractivity contribution in [2.45, 2.75) is 39.7 Å². The van der Waals surface area contributed by atoms with Gasteiger partial charge in [0.25, 0.3) is 5.91 Å². The first-order valence-electron chi connectivity index (χ1n) is 9.87. The van der Waals surface area contributed by atoms with E-state index in [0.717, 1.165) is 54.2 Å². The molecule has 28 heavy (non-hydrogen) atoms. The third-order valence-electron chi connectivity index (χ3n) is 5.55. The number of aryl methyl sites for hydroxylation is 2. The second-order valence-electron chi connectivity index (χ2n) is 7.53. The van der Waals surface area contributed by atoms with Crippen LogP contribution in [0.1, 0.15) is 42.1 Å². The topological polar surface area (TPSA) is 86.8 Å². The quantitative estimate of drug-likeness (QED) is 0.713. The van der Waals surface area contributed by atoms with Gasteiger partial charge < -0.3 is 10.2 Å². The molecule has 0 aliphatic carbocycles. The SMILES string of the molecule is CCc1nc(C)cc(N2CCC(C(C)NC(=O)c3cccc4[nH]ncc34)C2)n1. The molecular formula is C21H26N6O. The van der Waals surface area contributed by atoms with Crippen LogP contribution < -0.4 is 10.2 Å². The van der Waals surface area contributed by atoms with Crippen LogP contribution in [0.15, 0.2) is 30.5 Å². The standard InChI is InChI=1S/C21H26N6O/c1-4-19-23-13(2)10-20(25-19)27-9-8-15(12-27)14(3)24-21(28)16-6-5-7-18-17(16)11-22-26-18/h5-7,10-11,14-15H,4,8-9,12H2,1-3H3,(H,22,26)(H,24,28). The molecule has 1 fully saturated rings. The van der Waals surface area contributed by atoms with Crippen molar-refractivity contribution in [3.05, 3.63) is 47.5 Å². The first-order valence-corrected chi connectivity index (χ1v) is 9.87. The van der Waals surface area contributed by atoms with Crippen LogP contribution in [-0.4, -0.2) is 45.2 Å². The fourth-order valence-corrected chi connectivity index (χ4v) is 3.90. The Kier molecular flexibility index (Phi) is 4.98. The fraction of sp³-hybridized carbons (Fsp3) is 0.429. The van der Waals surface area contributed by atoms with Gasteiger partial charge in [0.2, 0.25) is 0 Å². The second kappa shape index (κ2) is 7.58. The molecule has 1 aliphatic rings. The number of nitrogens with one attached hydrogen (secondary N) is 2. The van der Waals surface area contributed by atoms with Gasteiger partial charge in [0.15, 0.2) is 0 Å². The maximum atomic E-state index is 12.8. The summed E-state index contributed by atoms with van der Waals surface area (Å²) in [4.78, 5) is 24.3. The molecule has 7 heteroatoms. The van der Waals surface area contributed by atoms with Gasteiger partial charge in [-0.1, -0.05) is 13.0 Å². The minimum absolute atomic E-state index is 0.0518. The lowest BCUT2D eigenvalue weighted by molar-refractivity contribution is 0.0930. The summed E-state index contributed by atoms with van der Waals surface area (Å²) in [7, 11) is 0. The van der Waals surface area contributed by atoms with E-state index in [4.69, 9.17) is 0 Å². The number of fused-ring (bicyclic) bond motifs is 1. The van der Waals surface area contributed by atoms with Crippen LogP contribution in [0.3, 0.4) is 0 Å². The monoisotopic (exact) mass is 378 g/mol. The zero-order valence-electron chi connectivity index (χ0n) is 16.6. The number of carbonyl (C=O) groups excluding carboxylic acids is 1. The van der Waals surface area contributed by atoms with E-state index in [0.29, 0.717) is 11.5 Å². The summed E-state index contributed by atoms with van der Waals surface area (Å²) >= 11 is 0. The number of hydrogen-bond acceptors (Lipinski definition) is 5. The Morgan fingerprint density at radius 3 is 3.07 bits per heavy atom. The predicted octanol–water partition coefficient (Wildman–Crippen LogP) is 2.87. The minimum Gasteiger partial charge on any atom is -0.356 e. The number of rotatable bonds is 5. The molecule has 1 amide bonds. The molecule has 1 aromatic carbocycles. The van der Waals surface area contributed by atoms with Crippen molar-refractivity contribution in [2.75, 3.05) is 18.0 Å². The van der Waals surface area contributed by atoms with Crippen LogP contribution in [0.5, 0.6) is 0 Å². The molecule has 2 aromatic heterocycles. The van der Waals surface area contributed by atoms with E-state index in [-0.39, 0.29) is 11.9 Å². The number of benzene rings is 1. The van der Waals surface area contributed by atoms with Crippen LogP contribution >= 0.6 is 0 Å². The molecule has 7 nitrogen and oxygen atoms in total. The van der Waals surface area contributed by atoms with Gasteiger partial charge in [0.1, 0.15) is 11.6 Å². The van der Waals surface area contributed by atoms with Crippen LogP contribution in [-0.2, 0) is 6.42 Å². The number of anilines is 1. The minimum atomic E-state index is -0.0518. The van der Waals surface area contributed by atoms with Crippen LogP contribution in [0.4, 0.5) is 5.82 Å². The number of nitrogens with zero attached hydrogens (tertiary/aromatic N) is 4. The molecule has 2 atom stereocenters. The average Bonchev–Trinajstić information content (AvgIpc) is 3.36. The third-order valence-corrected chi connectivity index (χ3v) is 5.55. The number of H-pyrrole nitrogens is 1. The van der Waals surface area contributed by atoms with E-state index in [2.05, 4.69) is 44.2 Å². The number of carbonyl (C=O) groups is 1. The molecule has 1 saturated heterocycles.